The average Bonchev–Trinajstić information content (AvgIpc) is 3.46. The Morgan fingerprint density at radius 2 is 1.90 bits per heavy atom. The van der Waals surface area contributed by atoms with E-state index in [0.29, 0.717) is 28.0 Å². The first-order chi connectivity index (χ1) is 19.3. The van der Waals surface area contributed by atoms with Crippen molar-refractivity contribution in [3.63, 3.8) is 0 Å². The first kappa shape index (κ1) is 27.0. The van der Waals surface area contributed by atoms with Crippen LogP contribution in [0.3, 0.4) is 0 Å². The summed E-state index contributed by atoms with van der Waals surface area (Å²) in [4.78, 5) is 11.8. The molecule has 6 rings (SSSR count). The van der Waals surface area contributed by atoms with Crippen LogP contribution < -0.4 is 10.6 Å². The Morgan fingerprint density at radius 3 is 2.62 bits per heavy atom. The second-order valence-electron chi connectivity index (χ2n) is 11.1. The van der Waals surface area contributed by atoms with Crippen molar-refractivity contribution < 1.29 is 13.2 Å². The Balaban J connectivity index is 1.07. The molecule has 4 aromatic rings. The van der Waals surface area contributed by atoms with Crippen LogP contribution in [0.25, 0.3) is 21.1 Å². The van der Waals surface area contributed by atoms with Crippen molar-refractivity contribution in [1.82, 2.24) is 24.8 Å². The number of anilines is 1. The standard InChI is InChI=1S/C29H32F3N7S/c1-34-22-9-19(10-22)16-39-23(14-33)11-20-8-18(2-3-26(20)39)15-38-6-4-21(5-7-38)37-27-25-12-24(13-29(30,31)32)40-28(25)36-17-35-27/h2-3,8,11-12,17,19,21-22,34H,4-7,9-10,13,15-16H2,1H3,(H,35,36,37). The first-order valence-electron chi connectivity index (χ1n) is 13.8. The second-order valence-corrected chi connectivity index (χ2v) is 12.2. The fourth-order valence-electron chi connectivity index (χ4n) is 6.08. The van der Waals surface area contributed by atoms with Gasteiger partial charge in [-0.25, -0.2) is 9.97 Å². The van der Waals surface area contributed by atoms with Gasteiger partial charge in [-0.3, -0.25) is 4.90 Å². The molecular formula is C29H32F3N7S. The van der Waals surface area contributed by atoms with Crippen LogP contribution in [-0.4, -0.2) is 57.8 Å². The van der Waals surface area contributed by atoms with E-state index in [2.05, 4.69) is 54.3 Å². The Morgan fingerprint density at radius 1 is 1.10 bits per heavy atom. The molecular weight excluding hydrogens is 535 g/mol. The van der Waals surface area contributed by atoms with Gasteiger partial charge in [0.1, 0.15) is 28.7 Å². The maximum absolute atomic E-state index is 12.9. The Bertz CT molecular complexity index is 1540. The zero-order chi connectivity index (χ0) is 27.9. The number of rotatable bonds is 8. The number of nitrogens with one attached hydrogen (secondary N) is 2. The van der Waals surface area contributed by atoms with E-state index in [-0.39, 0.29) is 10.9 Å². The van der Waals surface area contributed by atoms with Crippen molar-refractivity contribution in [2.45, 2.75) is 63.5 Å². The summed E-state index contributed by atoms with van der Waals surface area (Å²) in [6.07, 6.45) is 0.358. The molecule has 0 unspecified atom stereocenters. The molecule has 1 aliphatic carbocycles. The molecule has 1 aliphatic heterocycles. The second kappa shape index (κ2) is 11.0. The number of nitriles is 1. The fourth-order valence-corrected chi connectivity index (χ4v) is 7.11. The topological polar surface area (TPSA) is 81.8 Å². The lowest BCUT2D eigenvalue weighted by Gasteiger charge is -2.35. The molecule has 4 heterocycles. The van der Waals surface area contributed by atoms with Crippen LogP contribution in [0.1, 0.15) is 41.8 Å². The van der Waals surface area contributed by atoms with Gasteiger partial charge < -0.3 is 15.2 Å². The van der Waals surface area contributed by atoms with Gasteiger partial charge in [-0.05, 0) is 68.5 Å². The summed E-state index contributed by atoms with van der Waals surface area (Å²) in [5.41, 5.74) is 3.08. The molecule has 2 fully saturated rings. The van der Waals surface area contributed by atoms with Crippen molar-refractivity contribution in [3.05, 3.63) is 52.8 Å². The number of hydrogen-bond acceptors (Lipinski definition) is 7. The highest BCUT2D eigenvalue weighted by molar-refractivity contribution is 7.18. The first-order valence-corrected chi connectivity index (χ1v) is 14.6. The maximum Gasteiger partial charge on any atom is 0.393 e. The van der Waals surface area contributed by atoms with Crippen LogP contribution in [-0.2, 0) is 19.5 Å². The number of likely N-dealkylation sites (tertiary alicyclic amines) is 1. The molecule has 2 aliphatic rings. The average molecular weight is 568 g/mol. The van der Waals surface area contributed by atoms with E-state index in [4.69, 9.17) is 0 Å². The molecule has 0 amide bonds. The van der Waals surface area contributed by atoms with Crippen LogP contribution in [0.2, 0.25) is 0 Å². The van der Waals surface area contributed by atoms with Gasteiger partial charge in [0.2, 0.25) is 0 Å². The summed E-state index contributed by atoms with van der Waals surface area (Å²) in [6.45, 7) is 3.54. The lowest BCUT2D eigenvalue weighted by atomic mass is 9.80. The maximum atomic E-state index is 12.9. The van der Waals surface area contributed by atoms with E-state index in [1.54, 1.807) is 6.07 Å². The largest absolute Gasteiger partial charge is 0.393 e. The van der Waals surface area contributed by atoms with Gasteiger partial charge in [0, 0.05) is 54.0 Å². The van der Waals surface area contributed by atoms with Gasteiger partial charge in [-0.15, -0.1) is 11.3 Å². The summed E-state index contributed by atoms with van der Waals surface area (Å²) >= 11 is 1.07. The predicted octanol–water partition coefficient (Wildman–Crippen LogP) is 5.70. The third kappa shape index (κ3) is 5.80. The highest BCUT2D eigenvalue weighted by atomic mass is 32.1. The Kier molecular flexibility index (Phi) is 7.42. The van der Waals surface area contributed by atoms with E-state index in [1.807, 2.05) is 13.1 Å². The van der Waals surface area contributed by atoms with Gasteiger partial charge in [0.05, 0.1) is 11.8 Å². The number of fused-ring (bicyclic) bond motifs is 2. The van der Waals surface area contributed by atoms with Crippen molar-refractivity contribution in [2.75, 3.05) is 25.5 Å². The van der Waals surface area contributed by atoms with Crippen molar-refractivity contribution >= 4 is 38.3 Å². The minimum absolute atomic E-state index is 0.198. The highest BCUT2D eigenvalue weighted by Crippen LogP contribution is 2.34. The number of benzene rings is 1. The van der Waals surface area contributed by atoms with Gasteiger partial charge in [-0.1, -0.05) is 6.07 Å². The van der Waals surface area contributed by atoms with Crippen LogP contribution in [0.15, 0.2) is 36.7 Å². The molecule has 11 heteroatoms. The summed E-state index contributed by atoms with van der Waals surface area (Å²) in [7, 11) is 2.01. The molecule has 0 bridgehead atoms. The predicted molar refractivity (Wildman–Crippen MR) is 151 cm³/mol. The van der Waals surface area contributed by atoms with E-state index < -0.39 is 12.6 Å². The third-order valence-electron chi connectivity index (χ3n) is 8.25. The SMILES string of the molecule is CNC1CC(Cn2c(C#N)cc3cc(CN4CCC(Nc5ncnc6sc(CC(F)(F)F)cc56)CC4)ccc32)C1. The smallest absolute Gasteiger partial charge is 0.367 e. The van der Waals surface area contributed by atoms with Gasteiger partial charge in [-0.2, -0.15) is 18.4 Å². The van der Waals surface area contributed by atoms with Crippen LogP contribution in [0.5, 0.6) is 0 Å². The zero-order valence-corrected chi connectivity index (χ0v) is 23.2. The monoisotopic (exact) mass is 567 g/mol. The minimum Gasteiger partial charge on any atom is -0.367 e. The Labute approximate surface area is 235 Å². The summed E-state index contributed by atoms with van der Waals surface area (Å²) in [5, 5.41) is 18.3. The fraction of sp³-hybridized carbons (Fsp3) is 0.483. The van der Waals surface area contributed by atoms with E-state index in [1.165, 1.54) is 11.9 Å². The van der Waals surface area contributed by atoms with E-state index in [0.717, 1.165) is 79.8 Å². The highest BCUT2D eigenvalue weighted by Gasteiger charge is 2.30. The van der Waals surface area contributed by atoms with Crippen LogP contribution in [0, 0.1) is 17.2 Å². The molecule has 0 radical (unpaired) electrons. The zero-order valence-electron chi connectivity index (χ0n) is 22.3. The molecule has 1 saturated carbocycles. The molecule has 1 aromatic carbocycles. The van der Waals surface area contributed by atoms with E-state index >= 15 is 0 Å². The molecule has 2 N–H and O–H groups in total. The number of alkyl halides is 3. The molecule has 210 valence electrons. The summed E-state index contributed by atoms with van der Waals surface area (Å²) in [5.74, 6) is 1.22. The van der Waals surface area contributed by atoms with Crippen molar-refractivity contribution in [3.8, 4) is 6.07 Å². The lowest BCUT2D eigenvalue weighted by molar-refractivity contribution is -0.126. The summed E-state index contributed by atoms with van der Waals surface area (Å²) in [6, 6.07) is 13.3. The number of thiophene rings is 1. The molecule has 1 saturated heterocycles. The van der Waals surface area contributed by atoms with Crippen molar-refractivity contribution in [1.29, 1.82) is 5.26 Å². The minimum atomic E-state index is -4.24. The number of piperidine rings is 1. The quantitative estimate of drug-likeness (QED) is 0.285. The number of halogens is 3. The normalized spacial score (nSPS) is 20.6. The molecule has 0 spiro atoms. The van der Waals surface area contributed by atoms with E-state index in [9.17, 15) is 18.4 Å². The molecule has 0 atom stereocenters. The number of aromatic nitrogens is 3. The third-order valence-corrected chi connectivity index (χ3v) is 9.30. The molecule has 7 nitrogen and oxygen atoms in total. The van der Waals surface area contributed by atoms with Gasteiger partial charge in [0.25, 0.3) is 0 Å². The van der Waals surface area contributed by atoms with Crippen LogP contribution >= 0.6 is 11.3 Å². The van der Waals surface area contributed by atoms with Gasteiger partial charge in [0.15, 0.2) is 0 Å². The molecule has 40 heavy (non-hydrogen) atoms. The Hall–Kier alpha value is -3.20. The number of hydrogen-bond donors (Lipinski definition) is 2. The van der Waals surface area contributed by atoms with Crippen LogP contribution in [0.4, 0.5) is 19.0 Å². The van der Waals surface area contributed by atoms with Crippen molar-refractivity contribution in [2.24, 2.45) is 5.92 Å². The lowest BCUT2D eigenvalue weighted by Crippen LogP contribution is -2.40. The summed E-state index contributed by atoms with van der Waals surface area (Å²) < 4.78 is 40.8. The number of nitrogens with zero attached hydrogens (tertiary/aromatic N) is 5. The molecule has 3 aromatic heterocycles. The van der Waals surface area contributed by atoms with Gasteiger partial charge >= 0.3 is 6.18 Å².